The third kappa shape index (κ3) is 16.3. The van der Waals surface area contributed by atoms with Gasteiger partial charge in [-0.05, 0) is 14.1 Å². The Balaban J connectivity index is 0. The van der Waals surface area contributed by atoms with Gasteiger partial charge in [0.15, 0.2) is 0 Å². The quantitative estimate of drug-likeness (QED) is 0.403. The number of hydrogen-bond donors (Lipinski definition) is 2. The van der Waals surface area contributed by atoms with E-state index in [1.165, 1.54) is 4.92 Å². The summed E-state index contributed by atoms with van der Waals surface area (Å²) in [7, 11) is 15.6. The van der Waals surface area contributed by atoms with Gasteiger partial charge in [0.2, 0.25) is 7.98 Å². The number of hydrogen-bond acceptors (Lipinski definition) is 4. The summed E-state index contributed by atoms with van der Waals surface area (Å²) in [6.45, 7) is 0. The van der Waals surface area contributed by atoms with Crippen LogP contribution in [0.4, 0.5) is 0 Å². The summed E-state index contributed by atoms with van der Waals surface area (Å²) >= 11 is 0. The van der Waals surface area contributed by atoms with Gasteiger partial charge < -0.3 is 4.92 Å². The third-order valence-corrected chi connectivity index (χ3v) is 0.994. The van der Waals surface area contributed by atoms with E-state index in [2.05, 4.69) is 15.7 Å². The normalized spacial score (nSPS) is 9.17. The van der Waals surface area contributed by atoms with Gasteiger partial charge in [-0.1, -0.05) is 0 Å². The molecule has 0 unspecified atom stereocenters. The summed E-state index contributed by atoms with van der Waals surface area (Å²) in [6, 6.07) is 0. The first-order valence-corrected chi connectivity index (χ1v) is 3.56. The monoisotopic (exact) mass is 169 g/mol. The van der Waals surface area contributed by atoms with Crippen molar-refractivity contribution in [3.8, 4) is 0 Å². The molecule has 0 heterocycles. The summed E-state index contributed by atoms with van der Waals surface area (Å²) in [6.07, 6.45) is 0. The Bertz CT molecular complexity index is 108. The molecule has 0 saturated carbocycles. The van der Waals surface area contributed by atoms with Crippen molar-refractivity contribution in [2.75, 3.05) is 35.2 Å². The standard InChI is InChI=1S/C3H10BN3.C2H7BN2/c1-5-4-7(3)6-2;1-4-5(2)3/h6H,1-3H3;4H,1-2H3. The van der Waals surface area contributed by atoms with Gasteiger partial charge in [-0.2, -0.15) is 0 Å². The van der Waals surface area contributed by atoms with E-state index in [0.29, 0.717) is 0 Å². The Kier molecular flexibility index (Phi) is 12.5. The topological polar surface area (TPSA) is 42.9 Å². The van der Waals surface area contributed by atoms with Crippen LogP contribution < -0.4 is 10.9 Å². The fourth-order valence-corrected chi connectivity index (χ4v) is 0.231. The molecule has 7 heteroatoms. The molecule has 0 rings (SSSR count). The largest absolute Gasteiger partial charge is 0.301 e. The second-order valence-corrected chi connectivity index (χ2v) is 2.04. The molecule has 68 valence electrons. The van der Waals surface area contributed by atoms with Crippen molar-refractivity contribution in [2.24, 2.45) is 4.90 Å². The van der Waals surface area contributed by atoms with E-state index in [9.17, 15) is 0 Å². The first-order chi connectivity index (χ1) is 5.58. The molecule has 0 aromatic heterocycles. The second kappa shape index (κ2) is 10.6. The minimum Gasteiger partial charge on any atom is -0.301 e. The van der Waals surface area contributed by atoms with Crippen molar-refractivity contribution in [1.82, 2.24) is 20.7 Å². The van der Waals surface area contributed by atoms with Crippen LogP contribution in [-0.2, 0) is 0 Å². The van der Waals surface area contributed by atoms with E-state index < -0.39 is 0 Å². The Labute approximate surface area is 76.8 Å². The van der Waals surface area contributed by atoms with E-state index in [4.69, 9.17) is 7.98 Å². The zero-order valence-corrected chi connectivity index (χ0v) is 8.50. The second-order valence-electron chi connectivity index (χ2n) is 2.04. The summed E-state index contributed by atoms with van der Waals surface area (Å²) in [5.41, 5.74) is 5.49. The molecule has 0 aromatic carbocycles. The summed E-state index contributed by atoms with van der Waals surface area (Å²) < 4.78 is 0. The van der Waals surface area contributed by atoms with Gasteiger partial charge in [0, 0.05) is 0 Å². The molecule has 0 aliphatic rings. The maximum atomic E-state index is 5.01. The van der Waals surface area contributed by atoms with Crippen LogP contribution >= 0.6 is 0 Å². The molecule has 12 heavy (non-hydrogen) atoms. The number of nitrogens with one attached hydrogen (secondary N) is 2. The number of rotatable bonds is 3. The third-order valence-electron chi connectivity index (χ3n) is 0.994. The zero-order chi connectivity index (χ0) is 9.98. The van der Waals surface area contributed by atoms with Gasteiger partial charge in [-0.25, -0.2) is 0 Å². The molecule has 0 spiro atoms. The van der Waals surface area contributed by atoms with Crippen LogP contribution in [0, 0.1) is 0 Å². The first kappa shape index (κ1) is 14.2. The molecule has 0 fully saturated rings. The van der Waals surface area contributed by atoms with E-state index in [1.807, 2.05) is 14.1 Å². The van der Waals surface area contributed by atoms with Crippen molar-refractivity contribution in [3.63, 3.8) is 0 Å². The molecule has 5 nitrogen and oxygen atoms in total. The van der Waals surface area contributed by atoms with Crippen molar-refractivity contribution < 1.29 is 0 Å². The summed E-state index contributed by atoms with van der Waals surface area (Å²) in [5.74, 6) is 0. The van der Waals surface area contributed by atoms with E-state index in [-0.39, 0.29) is 0 Å². The predicted octanol–water partition coefficient (Wildman–Crippen LogP) is -1.38. The minimum absolute atomic E-state index is 1.38. The molecule has 0 bridgehead atoms. The van der Waals surface area contributed by atoms with Crippen molar-refractivity contribution in [2.45, 2.75) is 0 Å². The molecule has 0 saturated heterocycles. The number of hydrazine groups is 2. The molecule has 0 aliphatic heterocycles. The van der Waals surface area contributed by atoms with Crippen LogP contribution in [-0.4, -0.2) is 60.3 Å². The van der Waals surface area contributed by atoms with E-state index in [1.54, 1.807) is 33.3 Å². The zero-order valence-electron chi connectivity index (χ0n) is 8.50. The molecule has 0 amide bonds. The molecule has 2 radical (unpaired) electrons. The summed E-state index contributed by atoms with van der Waals surface area (Å²) in [5, 5.41) is 0. The molecular formula is C5H17B2N5. The van der Waals surface area contributed by atoms with Gasteiger partial charge in [-0.3, -0.25) is 5.43 Å². The average molecular weight is 169 g/mol. The first-order valence-electron chi connectivity index (χ1n) is 3.56. The molecule has 0 aromatic rings. The number of nitrogens with zero attached hydrogens (tertiary/aromatic N) is 3. The van der Waals surface area contributed by atoms with E-state index >= 15 is 0 Å². The van der Waals surface area contributed by atoms with Gasteiger partial charge in [0.1, 0.15) is 0 Å². The van der Waals surface area contributed by atoms with Gasteiger partial charge >= 0.3 is 43.6 Å². The molecular weight excluding hydrogens is 152 g/mol. The Morgan fingerprint density at radius 2 is 1.67 bits per heavy atom. The predicted molar refractivity (Wildman–Crippen MR) is 53.5 cm³/mol. The van der Waals surface area contributed by atoms with Gasteiger partial charge in [0.25, 0.3) is 0 Å². The van der Waals surface area contributed by atoms with Crippen LogP contribution in [0.15, 0.2) is 4.90 Å². The minimum atomic E-state index is 1.38. The Morgan fingerprint density at radius 3 is 1.75 bits per heavy atom. The Hall–Kier alpha value is -0.390. The van der Waals surface area contributed by atoms with Crippen LogP contribution in [0.5, 0.6) is 0 Å². The van der Waals surface area contributed by atoms with Crippen LogP contribution in [0.25, 0.3) is 0 Å². The fourth-order valence-electron chi connectivity index (χ4n) is 0.231. The van der Waals surface area contributed by atoms with Gasteiger partial charge in [-0.15, -0.1) is 0 Å². The van der Waals surface area contributed by atoms with Crippen molar-refractivity contribution in [1.29, 1.82) is 0 Å². The van der Waals surface area contributed by atoms with Crippen LogP contribution in [0.2, 0.25) is 0 Å². The molecule has 0 atom stereocenters. The van der Waals surface area contributed by atoms with Crippen LogP contribution in [0.3, 0.4) is 0 Å². The van der Waals surface area contributed by atoms with E-state index in [0.717, 1.165) is 0 Å². The van der Waals surface area contributed by atoms with Crippen LogP contribution in [0.1, 0.15) is 0 Å². The van der Waals surface area contributed by atoms with Crippen molar-refractivity contribution >= 4 is 15.2 Å². The maximum Gasteiger partial charge on any atom is 0.206 e. The Morgan fingerprint density at radius 1 is 1.25 bits per heavy atom. The average Bonchev–Trinajstić information content (AvgIpc) is 2.06. The van der Waals surface area contributed by atoms with Gasteiger partial charge in [0.05, 0.1) is 0 Å². The smallest absolute Gasteiger partial charge is 0.206 e. The maximum absolute atomic E-state index is 5.01. The summed E-state index contributed by atoms with van der Waals surface area (Å²) in [4.78, 5) is 6.88. The molecule has 0 aliphatic carbocycles. The SMILES string of the molecule is CN=BN(C)NC.[B]N(C)NC. The molecule has 2 N–H and O–H groups in total. The van der Waals surface area contributed by atoms with Crippen molar-refractivity contribution in [3.05, 3.63) is 0 Å². The fraction of sp³-hybridized carbons (Fsp3) is 1.00.